The van der Waals surface area contributed by atoms with Crippen molar-refractivity contribution in [3.63, 3.8) is 0 Å². The van der Waals surface area contributed by atoms with Crippen molar-refractivity contribution >= 4 is 39.0 Å². The predicted molar refractivity (Wildman–Crippen MR) is 149 cm³/mol. The van der Waals surface area contributed by atoms with Crippen LogP contribution in [0.15, 0.2) is 59.5 Å². The fraction of sp³-hybridized carbons (Fsp3) is 0.357. The standard InChI is InChI=1S/C28H31N5O7S/c1-17-13-18(21-7-5-6-8-22(21)29-17)15-39-19-9-11-20(12-10-19)41(37,38)32-23-14-33(26(36)40-27(2,3)4)16-28(23)24(34)30-25(35)31-28/h5-13,23,32H,14-16H2,1-4H3,(H2,30,31,34,35)/t23-,28+/m1/s1. The number of nitrogens with zero attached hydrogens (tertiary/aromatic N) is 2. The molecule has 2 saturated heterocycles. The number of benzene rings is 2. The molecule has 0 unspecified atom stereocenters. The Morgan fingerprint density at radius 3 is 2.51 bits per heavy atom. The molecule has 0 aliphatic carbocycles. The van der Waals surface area contributed by atoms with E-state index in [0.717, 1.165) is 22.2 Å². The number of sulfonamides is 1. The number of urea groups is 1. The lowest BCUT2D eigenvalue weighted by atomic mass is 9.94. The molecule has 5 rings (SSSR count). The summed E-state index contributed by atoms with van der Waals surface area (Å²) in [4.78, 5) is 43.2. The highest BCUT2D eigenvalue weighted by atomic mass is 32.2. The van der Waals surface area contributed by atoms with Gasteiger partial charge in [0.15, 0.2) is 5.54 Å². The number of aromatic nitrogens is 1. The second-order valence-electron chi connectivity index (χ2n) is 11.1. The van der Waals surface area contributed by atoms with Gasteiger partial charge in [-0.05, 0) is 64.1 Å². The highest BCUT2D eigenvalue weighted by molar-refractivity contribution is 7.89. The van der Waals surface area contributed by atoms with Crippen LogP contribution in [0.5, 0.6) is 5.75 Å². The van der Waals surface area contributed by atoms with Crippen LogP contribution in [0.2, 0.25) is 0 Å². The molecule has 3 aromatic rings. The Morgan fingerprint density at radius 2 is 1.85 bits per heavy atom. The van der Waals surface area contributed by atoms with Gasteiger partial charge in [0.2, 0.25) is 10.0 Å². The van der Waals surface area contributed by atoms with Crippen molar-refractivity contribution in [1.29, 1.82) is 0 Å². The lowest BCUT2D eigenvalue weighted by molar-refractivity contribution is -0.123. The molecule has 0 bridgehead atoms. The van der Waals surface area contributed by atoms with Crippen molar-refractivity contribution in [1.82, 2.24) is 25.2 Å². The molecule has 2 aliphatic rings. The van der Waals surface area contributed by atoms with Crippen molar-refractivity contribution in [3.8, 4) is 5.75 Å². The van der Waals surface area contributed by atoms with E-state index in [1.807, 2.05) is 37.3 Å². The van der Waals surface area contributed by atoms with Crippen molar-refractivity contribution in [2.24, 2.45) is 0 Å². The Labute approximate surface area is 237 Å². The number of imide groups is 1. The predicted octanol–water partition coefficient (Wildman–Crippen LogP) is 2.60. The molecule has 2 fully saturated rings. The normalized spacial score (nSPS) is 20.8. The molecule has 3 N–H and O–H groups in total. The molecule has 1 aromatic heterocycles. The second-order valence-corrected chi connectivity index (χ2v) is 12.8. The van der Waals surface area contributed by atoms with E-state index >= 15 is 0 Å². The summed E-state index contributed by atoms with van der Waals surface area (Å²) in [7, 11) is -4.17. The van der Waals surface area contributed by atoms with Gasteiger partial charge >= 0.3 is 12.1 Å². The zero-order chi connectivity index (χ0) is 29.6. The van der Waals surface area contributed by atoms with E-state index in [1.165, 1.54) is 29.2 Å². The first-order valence-corrected chi connectivity index (χ1v) is 14.5. The third-order valence-corrected chi connectivity index (χ3v) is 8.30. The average Bonchev–Trinajstić information content (AvgIpc) is 3.39. The number of nitrogens with one attached hydrogen (secondary N) is 3. The van der Waals surface area contributed by atoms with Gasteiger partial charge in [-0.15, -0.1) is 0 Å². The number of pyridine rings is 1. The van der Waals surface area contributed by atoms with E-state index in [1.54, 1.807) is 20.8 Å². The molecular formula is C28H31N5O7S. The molecule has 1 spiro atoms. The van der Waals surface area contributed by atoms with Gasteiger partial charge in [-0.1, -0.05) is 18.2 Å². The van der Waals surface area contributed by atoms with Crippen molar-refractivity contribution in [2.45, 2.75) is 56.4 Å². The van der Waals surface area contributed by atoms with Gasteiger partial charge in [0.25, 0.3) is 5.91 Å². The van der Waals surface area contributed by atoms with Crippen LogP contribution in [-0.4, -0.2) is 66.6 Å². The number of hydrogen-bond acceptors (Lipinski definition) is 8. The highest BCUT2D eigenvalue weighted by Crippen LogP contribution is 2.29. The van der Waals surface area contributed by atoms with Gasteiger partial charge in [0.05, 0.1) is 23.0 Å². The monoisotopic (exact) mass is 581 g/mol. The summed E-state index contributed by atoms with van der Waals surface area (Å²) in [6, 6.07) is 13.6. The van der Waals surface area contributed by atoms with Crippen LogP contribution in [0.3, 0.4) is 0 Å². The van der Waals surface area contributed by atoms with Crippen molar-refractivity contribution < 1.29 is 32.3 Å². The minimum atomic E-state index is -4.17. The Balaban J connectivity index is 1.32. The van der Waals surface area contributed by atoms with Gasteiger partial charge in [-0.25, -0.2) is 22.7 Å². The van der Waals surface area contributed by atoms with E-state index < -0.39 is 45.2 Å². The van der Waals surface area contributed by atoms with Crippen molar-refractivity contribution in [2.75, 3.05) is 13.1 Å². The number of ether oxygens (including phenoxy) is 2. The summed E-state index contributed by atoms with van der Waals surface area (Å²) in [5.41, 5.74) is 0.174. The van der Waals surface area contributed by atoms with E-state index in [-0.39, 0.29) is 24.6 Å². The van der Waals surface area contributed by atoms with E-state index in [0.29, 0.717) is 5.75 Å². The fourth-order valence-corrected chi connectivity index (χ4v) is 6.24. The highest BCUT2D eigenvalue weighted by Gasteiger charge is 2.59. The molecule has 3 heterocycles. The average molecular weight is 582 g/mol. The lowest BCUT2D eigenvalue weighted by Crippen LogP contribution is -2.62. The molecule has 2 atom stereocenters. The summed E-state index contributed by atoms with van der Waals surface area (Å²) in [6.07, 6.45) is -0.730. The third-order valence-electron chi connectivity index (χ3n) is 6.81. The number of fused-ring (bicyclic) bond motifs is 1. The van der Waals surface area contributed by atoms with Crippen LogP contribution in [0, 0.1) is 6.92 Å². The lowest BCUT2D eigenvalue weighted by Gasteiger charge is -2.27. The largest absolute Gasteiger partial charge is 0.489 e. The van der Waals surface area contributed by atoms with Crippen molar-refractivity contribution in [3.05, 3.63) is 65.9 Å². The third kappa shape index (κ3) is 5.81. The van der Waals surface area contributed by atoms with E-state index in [9.17, 15) is 22.8 Å². The molecule has 41 heavy (non-hydrogen) atoms. The minimum Gasteiger partial charge on any atom is -0.489 e. The summed E-state index contributed by atoms with van der Waals surface area (Å²) in [6.45, 7) is 6.78. The molecule has 2 aromatic carbocycles. The number of rotatable bonds is 6. The molecule has 4 amide bonds. The number of carbonyl (C=O) groups excluding carboxylic acids is 3. The molecule has 12 nitrogen and oxygen atoms in total. The molecular weight excluding hydrogens is 550 g/mol. The summed E-state index contributed by atoms with van der Waals surface area (Å²) in [5, 5.41) is 5.62. The zero-order valence-electron chi connectivity index (χ0n) is 23.1. The SMILES string of the molecule is Cc1cc(COc2ccc(S(=O)(=O)N[C@@H]3CN(C(=O)OC(C)(C)C)C[C@]34NC(=O)NC4=O)cc2)c2ccccc2n1. The van der Waals surface area contributed by atoms with Crippen LogP contribution in [0.4, 0.5) is 9.59 Å². The number of carbonyl (C=O) groups is 3. The van der Waals surface area contributed by atoms with Crippen LogP contribution in [0.25, 0.3) is 10.9 Å². The van der Waals surface area contributed by atoms with Gasteiger partial charge in [0.1, 0.15) is 18.0 Å². The molecule has 13 heteroatoms. The smallest absolute Gasteiger partial charge is 0.410 e. The Kier molecular flexibility index (Phi) is 7.12. The zero-order valence-corrected chi connectivity index (χ0v) is 23.9. The van der Waals surface area contributed by atoms with Crippen LogP contribution in [-0.2, 0) is 26.2 Å². The van der Waals surface area contributed by atoms with Crippen LogP contribution >= 0.6 is 0 Å². The van der Waals surface area contributed by atoms with Gasteiger partial charge < -0.3 is 19.7 Å². The number of amides is 4. The first-order chi connectivity index (χ1) is 19.3. The summed E-state index contributed by atoms with van der Waals surface area (Å²) in [5.74, 6) is -0.276. The molecule has 0 radical (unpaired) electrons. The first-order valence-electron chi connectivity index (χ1n) is 13.0. The molecule has 2 aliphatic heterocycles. The van der Waals surface area contributed by atoms with Gasteiger partial charge in [0, 0.05) is 23.2 Å². The maximum atomic E-state index is 13.4. The van der Waals surface area contributed by atoms with E-state index in [4.69, 9.17) is 9.47 Å². The Bertz CT molecular complexity index is 1640. The number of para-hydroxylation sites is 1. The maximum absolute atomic E-state index is 13.4. The Hall–Kier alpha value is -4.23. The van der Waals surface area contributed by atoms with E-state index in [2.05, 4.69) is 20.3 Å². The maximum Gasteiger partial charge on any atom is 0.410 e. The number of aryl methyl sites for hydroxylation is 1. The summed E-state index contributed by atoms with van der Waals surface area (Å²) < 4.78 is 40.6. The van der Waals surface area contributed by atoms with Gasteiger partial charge in [-0.2, -0.15) is 0 Å². The number of likely N-dealkylation sites (tertiary alicyclic amines) is 1. The minimum absolute atomic E-state index is 0.0781. The first kappa shape index (κ1) is 28.3. The summed E-state index contributed by atoms with van der Waals surface area (Å²) >= 11 is 0. The molecule has 216 valence electrons. The van der Waals surface area contributed by atoms with Crippen LogP contribution < -0.4 is 20.1 Å². The van der Waals surface area contributed by atoms with Crippen LogP contribution in [0.1, 0.15) is 32.0 Å². The topological polar surface area (TPSA) is 156 Å². The second kappa shape index (κ2) is 10.3. The fourth-order valence-electron chi connectivity index (χ4n) is 4.96. The van der Waals surface area contributed by atoms with Gasteiger partial charge in [-0.3, -0.25) is 15.1 Å². The quantitative estimate of drug-likeness (QED) is 0.375. The number of hydrogen-bond donors (Lipinski definition) is 3. The Morgan fingerprint density at radius 1 is 1.15 bits per heavy atom. The molecule has 0 saturated carbocycles.